The van der Waals surface area contributed by atoms with E-state index in [0.29, 0.717) is 11.2 Å². The molecule has 4 heterocycles. The molecule has 10 nitrogen and oxygen atoms in total. The van der Waals surface area contributed by atoms with Crippen molar-refractivity contribution in [3.05, 3.63) is 12.7 Å². The predicted molar refractivity (Wildman–Crippen MR) is 72.4 cm³/mol. The van der Waals surface area contributed by atoms with E-state index in [4.69, 9.17) is 15.2 Å². The van der Waals surface area contributed by atoms with Crippen molar-refractivity contribution in [1.29, 1.82) is 0 Å². The van der Waals surface area contributed by atoms with E-state index in [9.17, 15) is 9.90 Å². The van der Waals surface area contributed by atoms with Crippen LogP contribution in [0.1, 0.15) is 6.23 Å². The van der Waals surface area contributed by atoms with E-state index in [1.54, 1.807) is 4.57 Å². The lowest BCUT2D eigenvalue weighted by Crippen LogP contribution is -2.53. The van der Waals surface area contributed by atoms with Crippen LogP contribution in [0.5, 0.6) is 0 Å². The fourth-order valence-electron chi connectivity index (χ4n) is 3.02. The summed E-state index contributed by atoms with van der Waals surface area (Å²) < 4.78 is 13.0. The summed E-state index contributed by atoms with van der Waals surface area (Å²) in [6.07, 6.45) is 0.309. The number of fused-ring (bicyclic) bond motifs is 3. The second kappa shape index (κ2) is 4.35. The molecule has 2 unspecified atom stereocenters. The largest absolute Gasteiger partial charge is 0.387 e. The maximum absolute atomic E-state index is 12.1. The van der Waals surface area contributed by atoms with Crippen molar-refractivity contribution >= 4 is 22.9 Å². The monoisotopic (exact) mass is 306 g/mol. The van der Waals surface area contributed by atoms with E-state index in [1.165, 1.54) is 19.7 Å². The Morgan fingerprint density at radius 3 is 3.14 bits per heavy atom. The molecule has 2 saturated heterocycles. The van der Waals surface area contributed by atoms with Gasteiger partial charge in [-0.15, -0.1) is 0 Å². The second-order valence-corrected chi connectivity index (χ2v) is 5.28. The first kappa shape index (κ1) is 13.4. The van der Waals surface area contributed by atoms with Gasteiger partial charge >= 0.3 is 0 Å². The van der Waals surface area contributed by atoms with Gasteiger partial charge in [-0.2, -0.15) is 0 Å². The zero-order valence-electron chi connectivity index (χ0n) is 11.6. The van der Waals surface area contributed by atoms with Gasteiger partial charge in [0, 0.05) is 7.05 Å². The van der Waals surface area contributed by atoms with Crippen LogP contribution in [0.2, 0.25) is 0 Å². The number of hydrogen-bond donors (Lipinski definition) is 3. The summed E-state index contributed by atoms with van der Waals surface area (Å²) in [5.41, 5.74) is 5.22. The molecule has 0 aliphatic carbocycles. The summed E-state index contributed by atoms with van der Waals surface area (Å²) in [6.45, 7) is -0.00123. The number of aliphatic hydroxyl groups is 1. The molecule has 10 heteroatoms. The number of aromatic nitrogens is 4. The molecule has 2 aromatic heterocycles. The molecule has 2 aromatic rings. The van der Waals surface area contributed by atoms with Crippen LogP contribution in [-0.2, 0) is 14.3 Å². The fourth-order valence-corrected chi connectivity index (χ4v) is 3.02. The van der Waals surface area contributed by atoms with Crippen LogP contribution in [0, 0.1) is 0 Å². The van der Waals surface area contributed by atoms with Gasteiger partial charge < -0.3 is 25.6 Å². The smallest absolute Gasteiger partial charge is 0.257 e. The molecule has 2 bridgehead atoms. The van der Waals surface area contributed by atoms with Gasteiger partial charge in [0.05, 0.1) is 12.9 Å². The van der Waals surface area contributed by atoms with Crippen molar-refractivity contribution in [3.63, 3.8) is 0 Å². The number of nitrogens with one attached hydrogen (secondary N) is 1. The third-order valence-electron chi connectivity index (χ3n) is 4.16. The Labute approximate surface area is 124 Å². The van der Waals surface area contributed by atoms with Gasteiger partial charge in [-0.05, 0) is 0 Å². The number of nitrogens with zero attached hydrogens (tertiary/aromatic N) is 4. The first-order chi connectivity index (χ1) is 10.6. The van der Waals surface area contributed by atoms with Crippen LogP contribution in [0.15, 0.2) is 12.7 Å². The number of anilines is 1. The number of nitrogens with two attached hydrogens (primary N) is 1. The van der Waals surface area contributed by atoms with E-state index in [-0.39, 0.29) is 12.4 Å². The normalized spacial score (nSPS) is 33.5. The third-order valence-corrected chi connectivity index (χ3v) is 4.16. The molecule has 4 atom stereocenters. The van der Waals surface area contributed by atoms with Crippen molar-refractivity contribution in [2.75, 3.05) is 19.4 Å². The van der Waals surface area contributed by atoms with Crippen LogP contribution in [-0.4, -0.2) is 62.0 Å². The highest BCUT2D eigenvalue weighted by molar-refractivity contribution is 5.87. The quantitative estimate of drug-likeness (QED) is 0.590. The Morgan fingerprint density at radius 1 is 1.55 bits per heavy atom. The summed E-state index contributed by atoms with van der Waals surface area (Å²) in [5, 5.41) is 12.9. The van der Waals surface area contributed by atoms with Crippen LogP contribution in [0.25, 0.3) is 11.2 Å². The molecule has 0 aromatic carbocycles. The van der Waals surface area contributed by atoms with E-state index >= 15 is 0 Å². The van der Waals surface area contributed by atoms with Gasteiger partial charge in [-0.1, -0.05) is 0 Å². The molecular formula is C12H14N6O4. The maximum Gasteiger partial charge on any atom is 0.257 e. The number of ether oxygens (including phenoxy) is 2. The summed E-state index contributed by atoms with van der Waals surface area (Å²) in [4.78, 5) is 24.2. The minimum atomic E-state index is -1.42. The molecule has 2 fully saturated rings. The number of likely N-dealkylation sites (N-methyl/N-ethyl adjacent to an activating group) is 1. The minimum Gasteiger partial charge on any atom is -0.387 e. The number of rotatable bonds is 2. The van der Waals surface area contributed by atoms with Gasteiger partial charge in [-0.3, -0.25) is 9.36 Å². The van der Waals surface area contributed by atoms with Crippen molar-refractivity contribution in [2.24, 2.45) is 0 Å². The number of amides is 1. The number of imidazole rings is 1. The fraction of sp³-hybridized carbons (Fsp3) is 0.500. The number of carbonyl (C=O) groups is 1. The molecule has 22 heavy (non-hydrogen) atoms. The number of aliphatic hydroxyl groups excluding tert-OH is 1. The molecule has 1 amide bonds. The van der Waals surface area contributed by atoms with E-state index in [2.05, 4.69) is 20.3 Å². The van der Waals surface area contributed by atoms with Crippen LogP contribution in [0.4, 0.5) is 5.82 Å². The SMILES string of the molecule is CNC(=O)[C@@]12COC(C1O)[C@H](n1cnc3c(N)ncnc31)O2. The Hall–Kier alpha value is -2.30. The molecular weight excluding hydrogens is 292 g/mol. The Kier molecular flexibility index (Phi) is 2.64. The molecule has 116 valence electrons. The van der Waals surface area contributed by atoms with Crippen molar-refractivity contribution in [2.45, 2.75) is 24.0 Å². The van der Waals surface area contributed by atoms with Crippen LogP contribution >= 0.6 is 0 Å². The lowest BCUT2D eigenvalue weighted by Gasteiger charge is -2.29. The first-order valence-electron chi connectivity index (χ1n) is 6.71. The molecule has 0 spiro atoms. The molecule has 2 aliphatic rings. The third kappa shape index (κ3) is 1.48. The van der Waals surface area contributed by atoms with Gasteiger partial charge in [0.25, 0.3) is 5.91 Å². The van der Waals surface area contributed by atoms with Gasteiger partial charge in [-0.25, -0.2) is 15.0 Å². The van der Waals surface area contributed by atoms with Gasteiger partial charge in [0.15, 0.2) is 17.7 Å². The Morgan fingerprint density at radius 2 is 2.36 bits per heavy atom. The predicted octanol–water partition coefficient (Wildman–Crippen LogP) is -1.82. The highest BCUT2D eigenvalue weighted by Gasteiger charge is 2.65. The number of carbonyl (C=O) groups excluding carboxylic acids is 1. The maximum atomic E-state index is 12.1. The van der Waals surface area contributed by atoms with Crippen LogP contribution in [0.3, 0.4) is 0 Å². The molecule has 4 N–H and O–H groups in total. The Bertz CT molecular complexity index is 763. The lowest BCUT2D eigenvalue weighted by atomic mass is 9.98. The first-order valence-corrected chi connectivity index (χ1v) is 6.71. The summed E-state index contributed by atoms with van der Waals surface area (Å²) >= 11 is 0. The van der Waals surface area contributed by atoms with Crippen molar-refractivity contribution in [1.82, 2.24) is 24.8 Å². The molecule has 0 saturated carbocycles. The minimum absolute atomic E-state index is 0.00123. The molecule has 2 aliphatic heterocycles. The Balaban J connectivity index is 1.78. The van der Waals surface area contributed by atoms with E-state index in [0.717, 1.165) is 0 Å². The summed E-state index contributed by atoms with van der Waals surface area (Å²) in [6, 6.07) is 0. The van der Waals surface area contributed by atoms with E-state index in [1.807, 2.05) is 0 Å². The van der Waals surface area contributed by atoms with E-state index < -0.39 is 29.9 Å². The second-order valence-electron chi connectivity index (χ2n) is 5.28. The van der Waals surface area contributed by atoms with Crippen molar-refractivity contribution < 1.29 is 19.4 Å². The standard InChI is InChI=1S/C12H14N6O4/c1-14-11(20)12-2-21-6(7(12)19)10(22-12)18-4-17-5-8(13)15-3-16-9(5)18/h3-4,6-7,10,19H,2H2,1H3,(H,14,20)(H2,13,15,16)/t6?,7?,10-,12-/m1/s1. The van der Waals surface area contributed by atoms with Crippen molar-refractivity contribution in [3.8, 4) is 0 Å². The average Bonchev–Trinajstić information content (AvgIpc) is 3.18. The highest BCUT2D eigenvalue weighted by Crippen LogP contribution is 2.45. The van der Waals surface area contributed by atoms with Gasteiger partial charge in [0.2, 0.25) is 5.60 Å². The lowest BCUT2D eigenvalue weighted by molar-refractivity contribution is -0.184. The zero-order chi connectivity index (χ0) is 15.5. The van der Waals surface area contributed by atoms with Gasteiger partial charge in [0.1, 0.15) is 24.1 Å². The average molecular weight is 306 g/mol. The summed E-state index contributed by atoms with van der Waals surface area (Å²) in [7, 11) is 1.48. The number of nitrogen functional groups attached to an aromatic ring is 1. The highest BCUT2D eigenvalue weighted by atomic mass is 16.6. The topological polar surface area (TPSA) is 137 Å². The van der Waals surface area contributed by atoms with Crippen LogP contribution < -0.4 is 11.1 Å². The molecule has 4 rings (SSSR count). The summed E-state index contributed by atoms with van der Waals surface area (Å²) in [5.74, 6) is -0.182. The molecule has 0 radical (unpaired) electrons. The number of hydrogen-bond acceptors (Lipinski definition) is 8. The zero-order valence-corrected chi connectivity index (χ0v) is 11.6.